The average molecular weight is 508 g/mol. The minimum atomic E-state index is -3.47. The minimum Gasteiger partial charge on any atom is -0.497 e. The van der Waals surface area contributed by atoms with E-state index in [0.717, 1.165) is 27.7 Å². The van der Waals surface area contributed by atoms with Crippen molar-refractivity contribution in [3.63, 3.8) is 0 Å². The molecule has 1 aromatic heterocycles. The third-order valence-corrected chi connectivity index (χ3v) is 8.56. The van der Waals surface area contributed by atoms with E-state index in [2.05, 4.69) is 20.8 Å². The lowest BCUT2D eigenvalue weighted by molar-refractivity contribution is 0.385. The van der Waals surface area contributed by atoms with E-state index in [1.807, 2.05) is 41.8 Å². The van der Waals surface area contributed by atoms with Crippen molar-refractivity contribution in [2.45, 2.75) is 10.2 Å². The molecule has 0 N–H and O–H groups in total. The van der Waals surface area contributed by atoms with E-state index in [-0.39, 0.29) is 0 Å². The lowest BCUT2D eigenvalue weighted by Gasteiger charge is -2.33. The Hall–Kier alpha value is -1.94. The molecule has 0 saturated carbocycles. The summed E-state index contributed by atoms with van der Waals surface area (Å²) in [6.07, 6.45) is 0. The summed E-state index contributed by atoms with van der Waals surface area (Å²) in [4.78, 5) is 7.25. The Morgan fingerprint density at radius 2 is 1.70 bits per heavy atom. The molecule has 0 atom stereocenters. The molecule has 30 heavy (non-hydrogen) atoms. The Morgan fingerprint density at radius 1 is 1.03 bits per heavy atom. The van der Waals surface area contributed by atoms with Crippen LogP contribution in [-0.4, -0.2) is 51.0 Å². The van der Waals surface area contributed by atoms with E-state index in [1.165, 1.54) is 0 Å². The number of nitrogens with zero attached hydrogens (tertiary/aromatic N) is 3. The molecule has 158 valence electrons. The van der Waals surface area contributed by atoms with Gasteiger partial charge in [0.25, 0.3) is 0 Å². The molecule has 1 aliphatic rings. The summed E-state index contributed by atoms with van der Waals surface area (Å²) in [5.74, 6) is 0.813. The normalized spacial score (nSPS) is 15.3. The van der Waals surface area contributed by atoms with Gasteiger partial charge in [-0.15, -0.1) is 11.3 Å². The smallest absolute Gasteiger partial charge is 0.243 e. The van der Waals surface area contributed by atoms with Gasteiger partial charge in [0.2, 0.25) is 10.0 Å². The van der Waals surface area contributed by atoms with Gasteiger partial charge in [-0.2, -0.15) is 4.31 Å². The monoisotopic (exact) mass is 507 g/mol. The van der Waals surface area contributed by atoms with Crippen LogP contribution in [0.15, 0.2) is 58.8 Å². The second-order valence-electron chi connectivity index (χ2n) is 6.91. The van der Waals surface area contributed by atoms with Crippen LogP contribution in [0.2, 0.25) is 0 Å². The summed E-state index contributed by atoms with van der Waals surface area (Å²) < 4.78 is 32.7. The van der Waals surface area contributed by atoms with Gasteiger partial charge in [-0.25, -0.2) is 13.4 Å². The van der Waals surface area contributed by atoms with Crippen LogP contribution >= 0.6 is 27.3 Å². The van der Waals surface area contributed by atoms with Gasteiger partial charge in [0.15, 0.2) is 5.13 Å². The van der Waals surface area contributed by atoms with Crippen LogP contribution in [0.1, 0.15) is 5.56 Å². The molecule has 0 bridgehead atoms. The van der Waals surface area contributed by atoms with E-state index >= 15 is 0 Å². The summed E-state index contributed by atoms with van der Waals surface area (Å²) in [6.45, 7) is 2.13. The van der Waals surface area contributed by atoms with E-state index in [0.29, 0.717) is 36.4 Å². The molecule has 0 amide bonds. The van der Waals surface area contributed by atoms with Crippen molar-refractivity contribution >= 4 is 42.4 Å². The van der Waals surface area contributed by atoms with Crippen LogP contribution in [0, 0.1) is 0 Å². The van der Waals surface area contributed by atoms with Crippen LogP contribution in [-0.2, 0) is 15.4 Å². The molecule has 1 fully saturated rings. The van der Waals surface area contributed by atoms with E-state index in [9.17, 15) is 8.42 Å². The van der Waals surface area contributed by atoms with Gasteiger partial charge in [-0.3, -0.25) is 0 Å². The number of hydrogen-bond donors (Lipinski definition) is 0. The quantitative estimate of drug-likeness (QED) is 0.467. The van der Waals surface area contributed by atoms with Gasteiger partial charge in [-0.05, 0) is 42.0 Å². The Labute approximate surface area is 189 Å². The van der Waals surface area contributed by atoms with Gasteiger partial charge < -0.3 is 9.64 Å². The van der Waals surface area contributed by atoms with Crippen molar-refractivity contribution in [3.8, 4) is 17.0 Å². The van der Waals surface area contributed by atoms with Crippen LogP contribution in [0.4, 0.5) is 5.13 Å². The molecule has 9 heteroatoms. The zero-order valence-electron chi connectivity index (χ0n) is 16.5. The van der Waals surface area contributed by atoms with Crippen molar-refractivity contribution in [1.29, 1.82) is 0 Å². The highest BCUT2D eigenvalue weighted by molar-refractivity contribution is 9.08. The number of halogens is 1. The highest BCUT2D eigenvalue weighted by atomic mass is 79.9. The van der Waals surface area contributed by atoms with Crippen molar-refractivity contribution in [2.75, 3.05) is 38.2 Å². The number of alkyl halides is 1. The molecule has 2 heterocycles. The summed E-state index contributed by atoms with van der Waals surface area (Å²) in [6, 6.07) is 14.9. The maximum absolute atomic E-state index is 12.9. The Balaban J connectivity index is 1.42. The number of sulfonamides is 1. The number of ether oxygens (including phenoxy) is 1. The molecule has 1 aliphatic heterocycles. The van der Waals surface area contributed by atoms with Gasteiger partial charge in [0.05, 0.1) is 17.7 Å². The standard InChI is InChI=1S/C21H22BrN3O3S2/c1-28-18-6-4-17(5-7-18)20-15-29-21(23-20)24-10-12-25(13-11-24)30(26,27)19-8-2-16(14-22)3-9-19/h2-9,15H,10-14H2,1H3. The Bertz CT molecular complexity index is 1090. The van der Waals surface area contributed by atoms with Crippen molar-refractivity contribution in [2.24, 2.45) is 0 Å². The number of thiazole rings is 1. The molecule has 0 radical (unpaired) electrons. The second-order valence-corrected chi connectivity index (χ2v) is 10.2. The predicted molar refractivity (Wildman–Crippen MR) is 124 cm³/mol. The molecule has 0 spiro atoms. The molecule has 0 aliphatic carbocycles. The number of rotatable bonds is 6. The maximum atomic E-state index is 12.9. The summed E-state index contributed by atoms with van der Waals surface area (Å²) in [5.41, 5.74) is 3.00. The third-order valence-electron chi connectivity index (χ3n) is 5.10. The largest absolute Gasteiger partial charge is 0.497 e. The highest BCUT2D eigenvalue weighted by Gasteiger charge is 2.29. The summed E-state index contributed by atoms with van der Waals surface area (Å²) >= 11 is 4.97. The van der Waals surface area contributed by atoms with Gasteiger partial charge >= 0.3 is 0 Å². The lowest BCUT2D eigenvalue weighted by Crippen LogP contribution is -2.48. The van der Waals surface area contributed by atoms with Crippen LogP contribution in [0.5, 0.6) is 5.75 Å². The lowest BCUT2D eigenvalue weighted by atomic mass is 10.2. The van der Waals surface area contributed by atoms with E-state index in [4.69, 9.17) is 9.72 Å². The molecule has 6 nitrogen and oxygen atoms in total. The molecule has 4 rings (SSSR count). The molecule has 1 saturated heterocycles. The Kier molecular flexibility index (Phi) is 6.43. The molecular formula is C21H22BrN3O3S2. The van der Waals surface area contributed by atoms with Crippen molar-refractivity contribution < 1.29 is 13.2 Å². The highest BCUT2D eigenvalue weighted by Crippen LogP contribution is 2.30. The first-order valence-electron chi connectivity index (χ1n) is 9.51. The first kappa shape index (κ1) is 21.3. The van der Waals surface area contributed by atoms with Crippen LogP contribution in [0.3, 0.4) is 0 Å². The fourth-order valence-corrected chi connectivity index (χ4v) is 6.01. The fourth-order valence-electron chi connectivity index (χ4n) is 3.32. The Morgan fingerprint density at radius 3 is 2.30 bits per heavy atom. The van der Waals surface area contributed by atoms with Crippen molar-refractivity contribution in [3.05, 3.63) is 59.5 Å². The zero-order chi connectivity index (χ0) is 21.1. The first-order valence-corrected chi connectivity index (χ1v) is 13.0. The average Bonchev–Trinajstić information content (AvgIpc) is 3.29. The third kappa shape index (κ3) is 4.39. The number of aromatic nitrogens is 1. The van der Waals surface area contributed by atoms with Crippen molar-refractivity contribution in [1.82, 2.24) is 9.29 Å². The van der Waals surface area contributed by atoms with Gasteiger partial charge in [-0.1, -0.05) is 28.1 Å². The number of methoxy groups -OCH3 is 1. The maximum Gasteiger partial charge on any atom is 0.243 e. The zero-order valence-corrected chi connectivity index (χ0v) is 19.7. The van der Waals surface area contributed by atoms with Crippen LogP contribution in [0.25, 0.3) is 11.3 Å². The molecular weight excluding hydrogens is 486 g/mol. The number of anilines is 1. The second kappa shape index (κ2) is 9.05. The number of hydrogen-bond acceptors (Lipinski definition) is 6. The SMILES string of the molecule is COc1ccc(-c2csc(N3CCN(S(=O)(=O)c4ccc(CBr)cc4)CC3)n2)cc1. The summed E-state index contributed by atoms with van der Waals surface area (Å²) in [5, 5.41) is 3.66. The van der Waals surface area contributed by atoms with Crippen LogP contribution < -0.4 is 9.64 Å². The topological polar surface area (TPSA) is 62.7 Å². The van der Waals surface area contributed by atoms with Gasteiger partial charge in [0, 0.05) is 42.5 Å². The molecule has 0 unspecified atom stereocenters. The number of piperazine rings is 1. The molecule has 2 aromatic carbocycles. The predicted octanol–water partition coefficient (Wildman–Crippen LogP) is 4.22. The number of benzene rings is 2. The van der Waals surface area contributed by atoms with E-state index < -0.39 is 10.0 Å². The fraction of sp³-hybridized carbons (Fsp3) is 0.286. The van der Waals surface area contributed by atoms with E-state index in [1.54, 1.807) is 34.9 Å². The minimum absolute atomic E-state index is 0.344. The van der Waals surface area contributed by atoms with Gasteiger partial charge in [0.1, 0.15) is 5.75 Å². The summed E-state index contributed by atoms with van der Waals surface area (Å²) in [7, 11) is -1.83. The first-order chi connectivity index (χ1) is 14.5. The molecule has 3 aromatic rings.